The Balaban J connectivity index is 1.49. The zero-order chi connectivity index (χ0) is 19.3. The summed E-state index contributed by atoms with van der Waals surface area (Å²) in [4.78, 5) is 5.33. The summed E-state index contributed by atoms with van der Waals surface area (Å²) in [5, 5.41) is 0.813. The van der Waals surface area contributed by atoms with Crippen LogP contribution < -0.4 is 0 Å². The number of benzene rings is 2. The number of rotatable bonds is 2. The number of nitrogens with zero attached hydrogens (tertiary/aromatic N) is 2. The first-order valence-electron chi connectivity index (χ1n) is 10.6. The maximum absolute atomic E-state index is 13.5. The van der Waals surface area contributed by atoms with Gasteiger partial charge in [-0.05, 0) is 67.3 Å². The summed E-state index contributed by atoms with van der Waals surface area (Å²) >= 11 is 6.41. The second-order valence-corrected chi connectivity index (χ2v) is 9.39. The molecule has 2 aromatic carbocycles. The maximum Gasteiger partial charge on any atom is 0.123 e. The van der Waals surface area contributed by atoms with Crippen LogP contribution >= 0.6 is 11.6 Å². The van der Waals surface area contributed by atoms with Crippen LogP contribution in [0.3, 0.4) is 0 Å². The zero-order valence-electron chi connectivity index (χ0n) is 16.5. The molecule has 2 nitrogen and oxygen atoms in total. The van der Waals surface area contributed by atoms with Crippen LogP contribution in [0, 0.1) is 5.82 Å². The lowest BCUT2D eigenvalue weighted by atomic mass is 9.90. The number of piperazine rings is 1. The van der Waals surface area contributed by atoms with Gasteiger partial charge >= 0.3 is 0 Å². The molecule has 148 valence electrons. The van der Waals surface area contributed by atoms with E-state index < -0.39 is 0 Å². The molecule has 1 spiro atoms. The van der Waals surface area contributed by atoms with Crippen molar-refractivity contribution in [2.45, 2.75) is 49.6 Å². The van der Waals surface area contributed by atoms with Crippen LogP contribution in [0.5, 0.6) is 0 Å². The van der Waals surface area contributed by atoms with Gasteiger partial charge in [-0.1, -0.05) is 42.6 Å². The Bertz CT molecular complexity index is 859. The van der Waals surface area contributed by atoms with Crippen LogP contribution in [-0.4, -0.2) is 42.0 Å². The highest BCUT2D eigenvalue weighted by molar-refractivity contribution is 6.30. The molecular weight excluding hydrogens is 371 g/mol. The normalized spacial score (nSPS) is 27.4. The molecular formula is C24H28ClFN2. The molecule has 3 aliphatic rings. The summed E-state index contributed by atoms with van der Waals surface area (Å²) in [5.74, 6) is 0.147. The van der Waals surface area contributed by atoms with E-state index in [9.17, 15) is 4.39 Å². The minimum atomic E-state index is -0.170. The van der Waals surface area contributed by atoms with Gasteiger partial charge in [-0.15, -0.1) is 0 Å². The SMILES string of the molecule is CN1CCN([C@@H]2C[C@@H](c3ccc(F)cc3)c3ccc(Cl)cc32)CC12CCCC2. The molecule has 0 radical (unpaired) electrons. The molecule has 2 atom stereocenters. The van der Waals surface area contributed by atoms with E-state index >= 15 is 0 Å². The molecule has 4 heteroatoms. The van der Waals surface area contributed by atoms with Crippen LogP contribution in [0.1, 0.15) is 60.8 Å². The first kappa shape index (κ1) is 18.6. The summed E-state index contributed by atoms with van der Waals surface area (Å²) in [6.07, 6.45) is 6.39. The van der Waals surface area contributed by atoms with Crippen molar-refractivity contribution in [1.29, 1.82) is 0 Å². The van der Waals surface area contributed by atoms with Gasteiger partial charge in [0.1, 0.15) is 5.82 Å². The van der Waals surface area contributed by atoms with E-state index in [1.165, 1.54) is 42.4 Å². The van der Waals surface area contributed by atoms with E-state index in [4.69, 9.17) is 11.6 Å². The molecule has 5 rings (SSSR count). The van der Waals surface area contributed by atoms with Crippen molar-refractivity contribution in [2.75, 3.05) is 26.7 Å². The second kappa shape index (κ2) is 7.12. The van der Waals surface area contributed by atoms with E-state index in [1.54, 1.807) is 12.1 Å². The van der Waals surface area contributed by atoms with Crippen molar-refractivity contribution in [2.24, 2.45) is 0 Å². The van der Waals surface area contributed by atoms with Crippen molar-refractivity contribution < 1.29 is 4.39 Å². The fourth-order valence-electron chi connectivity index (χ4n) is 5.92. The predicted molar refractivity (Wildman–Crippen MR) is 112 cm³/mol. The van der Waals surface area contributed by atoms with Crippen LogP contribution in [0.25, 0.3) is 0 Å². The monoisotopic (exact) mass is 398 g/mol. The average molecular weight is 399 g/mol. The minimum absolute atomic E-state index is 0.170. The standard InChI is InChI=1S/C24H28ClFN2/c1-27-12-13-28(16-24(27)10-2-3-11-24)23-15-21(17-4-7-19(26)8-5-17)20-9-6-18(25)14-22(20)23/h4-9,14,21,23H,2-3,10-13,15-16H2,1H3/t21-,23+/m0/s1. The highest BCUT2D eigenvalue weighted by Crippen LogP contribution is 2.49. The van der Waals surface area contributed by atoms with E-state index in [0.29, 0.717) is 17.5 Å². The fraction of sp³-hybridized carbons (Fsp3) is 0.500. The van der Waals surface area contributed by atoms with Gasteiger partial charge in [-0.3, -0.25) is 9.80 Å². The molecule has 1 heterocycles. The van der Waals surface area contributed by atoms with E-state index in [-0.39, 0.29) is 5.82 Å². The lowest BCUT2D eigenvalue weighted by molar-refractivity contribution is -0.00181. The molecule has 28 heavy (non-hydrogen) atoms. The van der Waals surface area contributed by atoms with E-state index in [2.05, 4.69) is 29.0 Å². The lowest BCUT2D eigenvalue weighted by Gasteiger charge is -2.49. The maximum atomic E-state index is 13.5. The number of fused-ring (bicyclic) bond motifs is 1. The highest BCUT2D eigenvalue weighted by Gasteiger charge is 2.45. The van der Waals surface area contributed by atoms with Crippen LogP contribution in [0.15, 0.2) is 42.5 Å². The quantitative estimate of drug-likeness (QED) is 0.648. The molecule has 0 aromatic heterocycles. The average Bonchev–Trinajstić information content (AvgIpc) is 3.30. The number of hydrogen-bond acceptors (Lipinski definition) is 2. The van der Waals surface area contributed by atoms with E-state index in [0.717, 1.165) is 31.1 Å². The van der Waals surface area contributed by atoms with Gasteiger partial charge in [0.2, 0.25) is 0 Å². The third-order valence-electron chi connectivity index (χ3n) is 7.52. The summed E-state index contributed by atoms with van der Waals surface area (Å²) in [5.41, 5.74) is 4.29. The predicted octanol–water partition coefficient (Wildman–Crippen LogP) is 5.62. The van der Waals surface area contributed by atoms with Gasteiger partial charge < -0.3 is 0 Å². The molecule has 0 bridgehead atoms. The van der Waals surface area contributed by atoms with Crippen LogP contribution in [-0.2, 0) is 0 Å². The Morgan fingerprint density at radius 1 is 1.00 bits per heavy atom. The van der Waals surface area contributed by atoms with Crippen LogP contribution in [0.4, 0.5) is 4.39 Å². The van der Waals surface area contributed by atoms with E-state index in [1.807, 2.05) is 18.2 Å². The largest absolute Gasteiger partial charge is 0.298 e. The zero-order valence-corrected chi connectivity index (χ0v) is 17.3. The Morgan fingerprint density at radius 3 is 2.50 bits per heavy atom. The van der Waals surface area contributed by atoms with Crippen molar-refractivity contribution >= 4 is 11.6 Å². The molecule has 0 amide bonds. The molecule has 1 aliphatic heterocycles. The molecule has 1 saturated heterocycles. The topological polar surface area (TPSA) is 6.48 Å². The van der Waals surface area contributed by atoms with Gasteiger partial charge in [0.15, 0.2) is 0 Å². The Morgan fingerprint density at radius 2 is 1.75 bits per heavy atom. The van der Waals surface area contributed by atoms with Crippen LogP contribution in [0.2, 0.25) is 5.02 Å². The summed E-state index contributed by atoms with van der Waals surface area (Å²) in [6.45, 7) is 3.38. The lowest BCUT2D eigenvalue weighted by Crippen LogP contribution is -2.59. The molecule has 0 unspecified atom stereocenters. The van der Waals surface area contributed by atoms with Crippen molar-refractivity contribution in [3.63, 3.8) is 0 Å². The number of hydrogen-bond donors (Lipinski definition) is 0. The van der Waals surface area contributed by atoms with Gasteiger partial charge in [0, 0.05) is 42.2 Å². The third-order valence-corrected chi connectivity index (χ3v) is 7.75. The van der Waals surface area contributed by atoms with Crippen molar-refractivity contribution in [1.82, 2.24) is 9.80 Å². The molecule has 2 fully saturated rings. The Hall–Kier alpha value is -1.42. The summed E-state index contributed by atoms with van der Waals surface area (Å²) < 4.78 is 13.5. The molecule has 0 N–H and O–H groups in total. The Kier molecular flexibility index (Phi) is 4.73. The van der Waals surface area contributed by atoms with Gasteiger partial charge in [-0.25, -0.2) is 4.39 Å². The number of halogens is 2. The molecule has 1 saturated carbocycles. The highest BCUT2D eigenvalue weighted by atomic mass is 35.5. The van der Waals surface area contributed by atoms with Gasteiger partial charge in [0.25, 0.3) is 0 Å². The minimum Gasteiger partial charge on any atom is -0.298 e. The molecule has 2 aliphatic carbocycles. The second-order valence-electron chi connectivity index (χ2n) is 8.95. The van der Waals surface area contributed by atoms with Crippen molar-refractivity contribution in [3.8, 4) is 0 Å². The molecule has 2 aromatic rings. The number of likely N-dealkylation sites (N-methyl/N-ethyl adjacent to an activating group) is 1. The first-order valence-corrected chi connectivity index (χ1v) is 10.9. The summed E-state index contributed by atoms with van der Waals surface area (Å²) in [7, 11) is 2.31. The smallest absolute Gasteiger partial charge is 0.123 e. The van der Waals surface area contributed by atoms with Gasteiger partial charge in [0.05, 0.1) is 0 Å². The summed E-state index contributed by atoms with van der Waals surface area (Å²) in [6, 6.07) is 13.8. The van der Waals surface area contributed by atoms with Gasteiger partial charge in [-0.2, -0.15) is 0 Å². The Labute approximate surface area is 172 Å². The first-order chi connectivity index (χ1) is 13.6. The third kappa shape index (κ3) is 3.08. The fourth-order valence-corrected chi connectivity index (χ4v) is 6.10. The van der Waals surface area contributed by atoms with Crippen molar-refractivity contribution in [3.05, 3.63) is 70.0 Å².